The summed E-state index contributed by atoms with van der Waals surface area (Å²) in [4.78, 5) is 17.0. The van der Waals surface area contributed by atoms with E-state index in [9.17, 15) is 4.79 Å². The molecule has 0 aliphatic heterocycles. The van der Waals surface area contributed by atoms with E-state index in [1.165, 1.54) is 31.3 Å². The number of para-hydroxylation sites is 1. The van der Waals surface area contributed by atoms with Crippen LogP contribution in [0.15, 0.2) is 54.6 Å². The Morgan fingerprint density at radius 1 is 0.963 bits per heavy atom. The Kier molecular flexibility index (Phi) is 5.10. The lowest BCUT2D eigenvalue weighted by atomic mass is 9.92. The number of fused-ring (bicyclic) bond motifs is 1. The van der Waals surface area contributed by atoms with E-state index in [4.69, 9.17) is 4.74 Å². The van der Waals surface area contributed by atoms with E-state index in [1.807, 2.05) is 48.5 Å². The number of carbonyl (C=O) groups is 1. The molecule has 4 rings (SSSR count). The number of aromatic nitrogens is 1. The second-order valence-electron chi connectivity index (χ2n) is 7.16. The second kappa shape index (κ2) is 7.83. The zero-order valence-corrected chi connectivity index (χ0v) is 15.8. The molecule has 1 N–H and O–H groups in total. The molecule has 3 heteroatoms. The van der Waals surface area contributed by atoms with Crippen LogP contribution in [0.3, 0.4) is 0 Å². The Bertz CT molecular complexity index is 979. The molecule has 27 heavy (non-hydrogen) atoms. The van der Waals surface area contributed by atoms with Gasteiger partial charge in [0.1, 0.15) is 5.75 Å². The van der Waals surface area contributed by atoms with Gasteiger partial charge in [-0.05, 0) is 61.6 Å². The highest BCUT2D eigenvalue weighted by atomic mass is 16.5. The van der Waals surface area contributed by atoms with Gasteiger partial charge in [-0.1, -0.05) is 37.1 Å². The van der Waals surface area contributed by atoms with E-state index in [0.717, 1.165) is 40.8 Å². The van der Waals surface area contributed by atoms with Gasteiger partial charge in [0.2, 0.25) is 0 Å². The van der Waals surface area contributed by atoms with Gasteiger partial charge in [-0.25, -0.2) is 0 Å². The van der Waals surface area contributed by atoms with Crippen LogP contribution < -0.4 is 4.74 Å². The average Bonchev–Trinajstić information content (AvgIpc) is 3.06. The van der Waals surface area contributed by atoms with Crippen molar-refractivity contribution >= 4 is 22.3 Å². The van der Waals surface area contributed by atoms with Gasteiger partial charge < -0.3 is 9.72 Å². The number of ether oxygens (including phenoxy) is 1. The number of methoxy groups -OCH3 is 1. The normalized spacial score (nSPS) is 17.0. The topological polar surface area (TPSA) is 42.1 Å². The third kappa shape index (κ3) is 3.55. The summed E-state index contributed by atoms with van der Waals surface area (Å²) in [7, 11) is 1.63. The lowest BCUT2D eigenvalue weighted by Crippen LogP contribution is -2.05. The van der Waals surface area contributed by atoms with E-state index in [1.54, 1.807) is 7.11 Å². The Morgan fingerprint density at radius 2 is 1.74 bits per heavy atom. The molecule has 1 aliphatic rings. The van der Waals surface area contributed by atoms with Gasteiger partial charge in [-0.3, -0.25) is 4.79 Å². The van der Waals surface area contributed by atoms with Gasteiger partial charge in [0.15, 0.2) is 5.78 Å². The molecule has 3 nitrogen and oxygen atoms in total. The second-order valence-corrected chi connectivity index (χ2v) is 7.16. The summed E-state index contributed by atoms with van der Waals surface area (Å²) in [6.45, 7) is 0. The van der Waals surface area contributed by atoms with Crippen molar-refractivity contribution in [2.45, 2.75) is 38.5 Å². The van der Waals surface area contributed by atoms with Crippen LogP contribution in [0.5, 0.6) is 5.75 Å². The van der Waals surface area contributed by atoms with Gasteiger partial charge in [-0.2, -0.15) is 0 Å². The number of allylic oxidation sites excluding steroid dienone is 2. The molecule has 0 atom stereocenters. The highest BCUT2D eigenvalue weighted by Crippen LogP contribution is 2.33. The first kappa shape index (κ1) is 17.6. The lowest BCUT2D eigenvalue weighted by Gasteiger charge is -2.12. The van der Waals surface area contributed by atoms with Crippen LogP contribution in [-0.4, -0.2) is 17.9 Å². The number of benzene rings is 2. The van der Waals surface area contributed by atoms with Gasteiger partial charge in [0, 0.05) is 16.5 Å². The van der Waals surface area contributed by atoms with Gasteiger partial charge in [0.25, 0.3) is 0 Å². The van der Waals surface area contributed by atoms with Crippen LogP contribution in [0.2, 0.25) is 0 Å². The fraction of sp³-hybridized carbons (Fsp3) is 0.292. The molecule has 138 valence electrons. The largest absolute Gasteiger partial charge is 0.497 e. The number of H-pyrrole nitrogens is 1. The zero-order valence-electron chi connectivity index (χ0n) is 15.8. The van der Waals surface area contributed by atoms with E-state index in [2.05, 4.69) is 11.1 Å². The van der Waals surface area contributed by atoms with Crippen molar-refractivity contribution in [1.82, 2.24) is 4.98 Å². The van der Waals surface area contributed by atoms with Crippen molar-refractivity contribution in [2.24, 2.45) is 0 Å². The minimum atomic E-state index is 0.0630. The monoisotopic (exact) mass is 359 g/mol. The molecule has 0 spiro atoms. The first-order valence-electron chi connectivity index (χ1n) is 9.77. The molecule has 0 radical (unpaired) electrons. The van der Waals surface area contributed by atoms with Crippen molar-refractivity contribution in [2.75, 3.05) is 7.11 Å². The fourth-order valence-corrected chi connectivity index (χ4v) is 3.92. The molecule has 0 bridgehead atoms. The molecule has 0 saturated carbocycles. The first-order valence-corrected chi connectivity index (χ1v) is 9.77. The van der Waals surface area contributed by atoms with Gasteiger partial charge in [-0.15, -0.1) is 0 Å². The van der Waals surface area contributed by atoms with Crippen LogP contribution in [-0.2, 0) is 0 Å². The number of carbonyl (C=O) groups excluding carboxylic acids is 1. The molecule has 0 amide bonds. The fourth-order valence-electron chi connectivity index (χ4n) is 3.92. The van der Waals surface area contributed by atoms with Crippen molar-refractivity contribution < 1.29 is 9.53 Å². The Labute approximate surface area is 160 Å². The number of aromatic amines is 1. The summed E-state index contributed by atoms with van der Waals surface area (Å²) >= 11 is 0. The average molecular weight is 359 g/mol. The first-order chi connectivity index (χ1) is 13.3. The zero-order chi connectivity index (χ0) is 18.6. The number of rotatable bonds is 4. The van der Waals surface area contributed by atoms with Gasteiger partial charge in [0.05, 0.1) is 18.4 Å². The molecule has 0 fully saturated rings. The van der Waals surface area contributed by atoms with Crippen molar-refractivity contribution in [3.63, 3.8) is 0 Å². The predicted octanol–water partition coefficient (Wildman–Crippen LogP) is 6.15. The quantitative estimate of drug-likeness (QED) is 0.568. The maximum absolute atomic E-state index is 13.5. The Balaban J connectivity index is 1.83. The standard InChI is InChI=1S/C24H25NO2/c1-27-19-15-13-18(14-16-19)24(26)22-20-11-7-8-12-21(20)25-23(22)17-9-5-3-2-4-6-10-17/h7-9,11-16,25H,2-6,10H2,1H3/b17-9+. The van der Waals surface area contributed by atoms with Crippen molar-refractivity contribution in [1.29, 1.82) is 0 Å². The maximum Gasteiger partial charge on any atom is 0.195 e. The van der Waals surface area contributed by atoms with Crippen LogP contribution in [0, 0.1) is 0 Å². The molecule has 2 aromatic carbocycles. The third-order valence-electron chi connectivity index (χ3n) is 5.40. The van der Waals surface area contributed by atoms with Crippen molar-refractivity contribution in [3.8, 4) is 5.75 Å². The molecular weight excluding hydrogens is 334 g/mol. The van der Waals surface area contributed by atoms with E-state index < -0.39 is 0 Å². The summed E-state index contributed by atoms with van der Waals surface area (Å²) in [6.07, 6.45) is 9.40. The van der Waals surface area contributed by atoms with E-state index in [-0.39, 0.29) is 5.78 Å². The summed E-state index contributed by atoms with van der Waals surface area (Å²) in [6, 6.07) is 15.5. The minimum Gasteiger partial charge on any atom is -0.497 e. The Hall–Kier alpha value is -2.81. The highest BCUT2D eigenvalue weighted by Gasteiger charge is 2.22. The summed E-state index contributed by atoms with van der Waals surface area (Å²) in [5.74, 6) is 0.821. The van der Waals surface area contributed by atoms with Crippen LogP contribution in [0.1, 0.15) is 60.1 Å². The van der Waals surface area contributed by atoms with E-state index in [0.29, 0.717) is 5.56 Å². The molecule has 1 heterocycles. The van der Waals surface area contributed by atoms with Crippen LogP contribution in [0.25, 0.3) is 16.5 Å². The summed E-state index contributed by atoms with van der Waals surface area (Å²) < 4.78 is 5.23. The predicted molar refractivity (Wildman–Crippen MR) is 110 cm³/mol. The third-order valence-corrected chi connectivity index (χ3v) is 5.40. The molecule has 0 saturated heterocycles. The summed E-state index contributed by atoms with van der Waals surface area (Å²) in [5.41, 5.74) is 4.78. The number of hydrogen-bond acceptors (Lipinski definition) is 2. The lowest BCUT2D eigenvalue weighted by molar-refractivity contribution is 0.104. The molecule has 1 aliphatic carbocycles. The number of nitrogens with one attached hydrogen (secondary N) is 1. The smallest absolute Gasteiger partial charge is 0.195 e. The number of ketones is 1. The highest BCUT2D eigenvalue weighted by molar-refractivity contribution is 6.19. The van der Waals surface area contributed by atoms with Gasteiger partial charge >= 0.3 is 0 Å². The van der Waals surface area contributed by atoms with Crippen LogP contribution >= 0.6 is 0 Å². The van der Waals surface area contributed by atoms with Crippen molar-refractivity contribution in [3.05, 3.63) is 71.4 Å². The summed E-state index contributed by atoms with van der Waals surface area (Å²) in [5, 5.41) is 0.997. The Morgan fingerprint density at radius 3 is 2.56 bits per heavy atom. The molecule has 3 aromatic rings. The maximum atomic E-state index is 13.5. The SMILES string of the molecule is COc1ccc(C(=O)c2c(/C3=C/CCCCCC3)[nH]c3ccccc23)cc1. The minimum absolute atomic E-state index is 0.0630. The number of hydrogen-bond donors (Lipinski definition) is 1. The van der Waals surface area contributed by atoms with E-state index >= 15 is 0 Å². The molecular formula is C24H25NO2. The molecule has 0 unspecified atom stereocenters. The van der Waals surface area contributed by atoms with Crippen LogP contribution in [0.4, 0.5) is 0 Å². The molecule has 1 aromatic heterocycles.